The number of carbonyl (C=O) groups is 1. The molecule has 2 aliphatic rings. The Bertz CT molecular complexity index is 677. The third-order valence-electron chi connectivity index (χ3n) is 4.50. The second-order valence-corrected chi connectivity index (χ2v) is 7.87. The highest BCUT2D eigenvalue weighted by Crippen LogP contribution is 2.25. The standard InChI is InChI=1S/C14H22N4O4S/c15-23(20,21)10-9-17-5-7-18(8-6-17)14(19)13-11-3-1-2-4-12(11)22-16-13/h1-10H2,(H2,15,20,21). The minimum Gasteiger partial charge on any atom is -0.360 e. The maximum atomic E-state index is 12.6. The third kappa shape index (κ3) is 3.91. The van der Waals surface area contributed by atoms with Gasteiger partial charge in [-0.05, 0) is 19.3 Å². The van der Waals surface area contributed by atoms with Gasteiger partial charge in [-0.3, -0.25) is 9.69 Å². The Morgan fingerprint density at radius 1 is 1.17 bits per heavy atom. The van der Waals surface area contributed by atoms with Gasteiger partial charge in [0.15, 0.2) is 5.69 Å². The Balaban J connectivity index is 1.57. The van der Waals surface area contributed by atoms with Crippen LogP contribution in [0.4, 0.5) is 0 Å². The molecule has 0 spiro atoms. The van der Waals surface area contributed by atoms with Gasteiger partial charge in [0.1, 0.15) is 5.76 Å². The topological polar surface area (TPSA) is 110 Å². The SMILES string of the molecule is NS(=O)(=O)CCN1CCN(C(=O)c2noc3c2CCCC3)CC1. The molecule has 0 radical (unpaired) electrons. The van der Waals surface area contributed by atoms with Gasteiger partial charge in [-0.15, -0.1) is 0 Å². The first-order chi connectivity index (χ1) is 10.9. The number of primary sulfonamides is 1. The fourth-order valence-electron chi connectivity index (χ4n) is 3.13. The highest BCUT2D eigenvalue weighted by molar-refractivity contribution is 7.89. The number of rotatable bonds is 4. The Hall–Kier alpha value is -1.45. The van der Waals surface area contributed by atoms with Crippen LogP contribution in [0.2, 0.25) is 0 Å². The van der Waals surface area contributed by atoms with E-state index >= 15 is 0 Å². The van der Waals surface area contributed by atoms with Crippen molar-refractivity contribution in [3.05, 3.63) is 17.0 Å². The summed E-state index contributed by atoms with van der Waals surface area (Å²) in [5.74, 6) is 0.715. The van der Waals surface area contributed by atoms with E-state index in [9.17, 15) is 13.2 Å². The van der Waals surface area contributed by atoms with E-state index in [0.29, 0.717) is 38.4 Å². The summed E-state index contributed by atoms with van der Waals surface area (Å²) >= 11 is 0. The molecular weight excluding hydrogens is 320 g/mol. The van der Waals surface area contributed by atoms with E-state index in [1.54, 1.807) is 4.90 Å². The molecule has 1 amide bonds. The van der Waals surface area contributed by atoms with Crippen LogP contribution in [-0.4, -0.2) is 67.8 Å². The first kappa shape index (κ1) is 16.4. The van der Waals surface area contributed by atoms with Gasteiger partial charge in [0.25, 0.3) is 5.91 Å². The van der Waals surface area contributed by atoms with E-state index in [0.717, 1.165) is 37.0 Å². The van der Waals surface area contributed by atoms with Gasteiger partial charge in [-0.2, -0.15) is 0 Å². The van der Waals surface area contributed by atoms with Crippen molar-refractivity contribution < 1.29 is 17.7 Å². The molecule has 1 aliphatic heterocycles. The van der Waals surface area contributed by atoms with Crippen LogP contribution >= 0.6 is 0 Å². The summed E-state index contributed by atoms with van der Waals surface area (Å²) in [6.45, 7) is 2.80. The summed E-state index contributed by atoms with van der Waals surface area (Å²) in [4.78, 5) is 16.4. The number of fused-ring (bicyclic) bond motifs is 1. The van der Waals surface area contributed by atoms with E-state index < -0.39 is 10.0 Å². The number of sulfonamides is 1. The number of carbonyl (C=O) groups excluding carboxylic acids is 1. The Kier molecular flexibility index (Phi) is 4.69. The van der Waals surface area contributed by atoms with Crippen molar-refractivity contribution in [1.82, 2.24) is 15.0 Å². The molecule has 2 N–H and O–H groups in total. The molecule has 1 aromatic rings. The zero-order chi connectivity index (χ0) is 16.4. The molecule has 23 heavy (non-hydrogen) atoms. The molecule has 1 aliphatic carbocycles. The van der Waals surface area contributed by atoms with E-state index in [2.05, 4.69) is 5.16 Å². The zero-order valence-corrected chi connectivity index (χ0v) is 13.8. The Morgan fingerprint density at radius 2 is 1.87 bits per heavy atom. The lowest BCUT2D eigenvalue weighted by Crippen LogP contribution is -2.50. The Labute approximate surface area is 135 Å². The summed E-state index contributed by atoms with van der Waals surface area (Å²) in [5.41, 5.74) is 1.43. The van der Waals surface area contributed by atoms with Crippen LogP contribution in [0.25, 0.3) is 0 Å². The lowest BCUT2D eigenvalue weighted by Gasteiger charge is -2.34. The second kappa shape index (κ2) is 6.58. The van der Waals surface area contributed by atoms with Crippen molar-refractivity contribution in [1.29, 1.82) is 0 Å². The van der Waals surface area contributed by atoms with Gasteiger partial charge in [0, 0.05) is 44.7 Å². The summed E-state index contributed by atoms with van der Waals surface area (Å²) < 4.78 is 27.3. The van der Waals surface area contributed by atoms with E-state index in [4.69, 9.17) is 9.66 Å². The van der Waals surface area contributed by atoms with Crippen molar-refractivity contribution >= 4 is 15.9 Å². The molecule has 0 unspecified atom stereocenters. The van der Waals surface area contributed by atoms with Gasteiger partial charge in [-0.25, -0.2) is 13.6 Å². The van der Waals surface area contributed by atoms with Gasteiger partial charge in [-0.1, -0.05) is 5.16 Å². The number of aromatic nitrogens is 1. The summed E-state index contributed by atoms with van der Waals surface area (Å²) in [5, 5.41) is 9.00. The highest BCUT2D eigenvalue weighted by atomic mass is 32.2. The average Bonchev–Trinajstić information content (AvgIpc) is 2.96. The van der Waals surface area contributed by atoms with Crippen LogP contribution in [0.3, 0.4) is 0 Å². The van der Waals surface area contributed by atoms with Crippen molar-refractivity contribution in [2.24, 2.45) is 5.14 Å². The van der Waals surface area contributed by atoms with Crippen LogP contribution in [0, 0.1) is 0 Å². The minimum atomic E-state index is -3.44. The minimum absolute atomic E-state index is 0.0578. The maximum absolute atomic E-state index is 12.6. The summed E-state index contributed by atoms with van der Waals surface area (Å²) in [7, 11) is -3.44. The van der Waals surface area contributed by atoms with Crippen LogP contribution in [0.15, 0.2) is 4.52 Å². The highest BCUT2D eigenvalue weighted by Gasteiger charge is 2.29. The van der Waals surface area contributed by atoms with Crippen molar-refractivity contribution in [3.8, 4) is 0 Å². The van der Waals surface area contributed by atoms with E-state index in [1.165, 1.54) is 0 Å². The summed E-state index contributed by atoms with van der Waals surface area (Å²) in [6.07, 6.45) is 3.86. The molecule has 8 nitrogen and oxygen atoms in total. The molecule has 3 rings (SSSR count). The zero-order valence-electron chi connectivity index (χ0n) is 13.0. The third-order valence-corrected chi connectivity index (χ3v) is 5.26. The first-order valence-corrected chi connectivity index (χ1v) is 9.65. The predicted octanol–water partition coefficient (Wildman–Crippen LogP) is -0.400. The number of hydrogen-bond acceptors (Lipinski definition) is 6. The maximum Gasteiger partial charge on any atom is 0.276 e. The molecule has 0 atom stereocenters. The van der Waals surface area contributed by atoms with Crippen LogP contribution in [0.5, 0.6) is 0 Å². The van der Waals surface area contributed by atoms with Gasteiger partial charge < -0.3 is 9.42 Å². The molecule has 1 saturated heterocycles. The normalized spacial score (nSPS) is 19.6. The molecule has 9 heteroatoms. The number of hydrogen-bond donors (Lipinski definition) is 1. The lowest BCUT2D eigenvalue weighted by atomic mass is 9.96. The monoisotopic (exact) mass is 342 g/mol. The van der Waals surface area contributed by atoms with Crippen LogP contribution < -0.4 is 5.14 Å². The number of piperazine rings is 1. The second-order valence-electron chi connectivity index (χ2n) is 6.14. The summed E-state index contributed by atoms with van der Waals surface area (Å²) in [6, 6.07) is 0. The Morgan fingerprint density at radius 3 is 2.57 bits per heavy atom. The molecule has 0 saturated carbocycles. The molecule has 1 aromatic heterocycles. The van der Waals surface area contributed by atoms with E-state index in [-0.39, 0.29) is 11.7 Å². The number of aryl methyl sites for hydroxylation is 1. The first-order valence-electron chi connectivity index (χ1n) is 7.93. The lowest BCUT2D eigenvalue weighted by molar-refractivity contribution is 0.0633. The average molecular weight is 342 g/mol. The van der Waals surface area contributed by atoms with Crippen molar-refractivity contribution in [2.45, 2.75) is 25.7 Å². The fourth-order valence-corrected chi connectivity index (χ4v) is 3.65. The van der Waals surface area contributed by atoms with Crippen molar-refractivity contribution in [3.63, 3.8) is 0 Å². The van der Waals surface area contributed by atoms with E-state index in [1.807, 2.05) is 4.90 Å². The fraction of sp³-hybridized carbons (Fsp3) is 0.714. The van der Waals surface area contributed by atoms with Gasteiger partial charge in [0.05, 0.1) is 5.75 Å². The molecule has 0 bridgehead atoms. The van der Waals surface area contributed by atoms with Crippen molar-refractivity contribution in [2.75, 3.05) is 38.5 Å². The number of nitrogens with two attached hydrogens (primary N) is 1. The smallest absolute Gasteiger partial charge is 0.276 e. The van der Waals surface area contributed by atoms with Crippen LogP contribution in [0.1, 0.15) is 34.7 Å². The van der Waals surface area contributed by atoms with Gasteiger partial charge in [0.2, 0.25) is 10.0 Å². The largest absolute Gasteiger partial charge is 0.360 e. The number of nitrogens with zero attached hydrogens (tertiary/aromatic N) is 3. The quantitative estimate of drug-likeness (QED) is 0.797. The van der Waals surface area contributed by atoms with Crippen LogP contribution in [-0.2, 0) is 22.9 Å². The predicted molar refractivity (Wildman–Crippen MR) is 83.5 cm³/mol. The molecular formula is C14H22N4O4S. The molecule has 0 aromatic carbocycles. The molecule has 2 heterocycles. The molecule has 1 fully saturated rings. The van der Waals surface area contributed by atoms with Gasteiger partial charge >= 0.3 is 0 Å². The number of amides is 1. The molecule has 128 valence electrons.